The molecular formula is C14H17F2NO3. The fourth-order valence-electron chi connectivity index (χ4n) is 1.99. The van der Waals surface area contributed by atoms with Gasteiger partial charge in [0.15, 0.2) is 0 Å². The van der Waals surface area contributed by atoms with Gasteiger partial charge < -0.3 is 10.4 Å². The summed E-state index contributed by atoms with van der Waals surface area (Å²) in [5.41, 5.74) is -1.77. The first kappa shape index (κ1) is 16.1. The third kappa shape index (κ3) is 3.31. The number of nitrogens with one attached hydrogen (secondary N) is 1. The Morgan fingerprint density at radius 2 is 1.70 bits per heavy atom. The average molecular weight is 285 g/mol. The minimum absolute atomic E-state index is 0.256. The van der Waals surface area contributed by atoms with Crippen molar-refractivity contribution in [2.24, 2.45) is 5.41 Å². The van der Waals surface area contributed by atoms with Crippen LogP contribution in [0.15, 0.2) is 18.2 Å². The molecule has 0 atom stereocenters. The number of hydrogen-bond donors (Lipinski definition) is 2. The summed E-state index contributed by atoms with van der Waals surface area (Å²) >= 11 is 0. The molecule has 1 rings (SSSR count). The Labute approximate surface area is 115 Å². The highest BCUT2D eigenvalue weighted by molar-refractivity contribution is 5.94. The van der Waals surface area contributed by atoms with Gasteiger partial charge in [0.25, 0.3) is 0 Å². The lowest BCUT2D eigenvalue weighted by Gasteiger charge is -2.25. The molecule has 0 spiro atoms. The highest BCUT2D eigenvalue weighted by Crippen LogP contribution is 2.31. The van der Waals surface area contributed by atoms with Crippen LogP contribution >= 0.6 is 0 Å². The summed E-state index contributed by atoms with van der Waals surface area (Å²) in [6.45, 7) is 3.32. The van der Waals surface area contributed by atoms with Crippen molar-refractivity contribution in [3.05, 3.63) is 29.8 Å². The molecule has 20 heavy (non-hydrogen) atoms. The molecule has 0 unspecified atom stereocenters. The SMILES string of the molecule is CCC(CC)(CC(=O)Nc1c(F)cccc1F)C(=O)O. The van der Waals surface area contributed by atoms with Crippen LogP contribution in [-0.2, 0) is 9.59 Å². The third-order valence-electron chi connectivity index (χ3n) is 3.53. The highest BCUT2D eigenvalue weighted by Gasteiger charge is 2.37. The quantitative estimate of drug-likeness (QED) is 0.843. The molecule has 0 saturated heterocycles. The average Bonchev–Trinajstić information content (AvgIpc) is 2.40. The van der Waals surface area contributed by atoms with Crippen LogP contribution in [0.25, 0.3) is 0 Å². The van der Waals surface area contributed by atoms with Crippen LogP contribution in [0.4, 0.5) is 14.5 Å². The van der Waals surface area contributed by atoms with E-state index in [0.717, 1.165) is 12.1 Å². The largest absolute Gasteiger partial charge is 0.481 e. The molecule has 0 aromatic heterocycles. The second kappa shape index (κ2) is 6.45. The van der Waals surface area contributed by atoms with E-state index in [4.69, 9.17) is 0 Å². The van der Waals surface area contributed by atoms with Crippen molar-refractivity contribution in [1.29, 1.82) is 0 Å². The molecule has 0 aliphatic rings. The van der Waals surface area contributed by atoms with Gasteiger partial charge in [0.2, 0.25) is 5.91 Å². The van der Waals surface area contributed by atoms with Crippen LogP contribution in [0.2, 0.25) is 0 Å². The van der Waals surface area contributed by atoms with Crippen molar-refractivity contribution in [3.8, 4) is 0 Å². The number of carbonyl (C=O) groups is 2. The molecule has 2 N–H and O–H groups in total. The Hall–Kier alpha value is -1.98. The van der Waals surface area contributed by atoms with Gasteiger partial charge in [0.1, 0.15) is 17.3 Å². The van der Waals surface area contributed by atoms with E-state index in [1.54, 1.807) is 13.8 Å². The Morgan fingerprint density at radius 3 is 2.10 bits per heavy atom. The lowest BCUT2D eigenvalue weighted by atomic mass is 9.79. The zero-order chi connectivity index (χ0) is 15.3. The van der Waals surface area contributed by atoms with Gasteiger partial charge >= 0.3 is 5.97 Å². The van der Waals surface area contributed by atoms with Gasteiger partial charge in [-0.3, -0.25) is 9.59 Å². The predicted octanol–water partition coefficient (Wildman–Crippen LogP) is 3.18. The van der Waals surface area contributed by atoms with Crippen LogP contribution in [0.5, 0.6) is 0 Å². The first-order chi connectivity index (χ1) is 9.36. The smallest absolute Gasteiger partial charge is 0.310 e. The fraction of sp³-hybridized carbons (Fsp3) is 0.429. The molecule has 0 heterocycles. The normalized spacial score (nSPS) is 11.2. The molecule has 0 aliphatic carbocycles. The van der Waals surface area contributed by atoms with Crippen molar-refractivity contribution in [2.45, 2.75) is 33.1 Å². The Bertz CT molecular complexity index is 493. The van der Waals surface area contributed by atoms with Crippen molar-refractivity contribution in [3.63, 3.8) is 0 Å². The van der Waals surface area contributed by atoms with Gasteiger partial charge in [-0.2, -0.15) is 0 Å². The number of carboxylic acids is 1. The summed E-state index contributed by atoms with van der Waals surface area (Å²) < 4.78 is 26.8. The van der Waals surface area contributed by atoms with Crippen LogP contribution in [-0.4, -0.2) is 17.0 Å². The number of hydrogen-bond acceptors (Lipinski definition) is 2. The van der Waals surface area contributed by atoms with E-state index in [0.29, 0.717) is 0 Å². The van der Waals surface area contributed by atoms with Gasteiger partial charge in [0.05, 0.1) is 5.41 Å². The molecule has 6 heteroatoms. The summed E-state index contributed by atoms with van der Waals surface area (Å²) in [6, 6.07) is 3.21. The van der Waals surface area contributed by atoms with Crippen molar-refractivity contribution >= 4 is 17.6 Å². The number of carboxylic acid groups (broad SMARTS) is 1. The predicted molar refractivity (Wildman–Crippen MR) is 70.3 cm³/mol. The number of anilines is 1. The second-order valence-electron chi connectivity index (χ2n) is 4.61. The molecule has 0 saturated carbocycles. The molecule has 4 nitrogen and oxygen atoms in total. The van der Waals surface area contributed by atoms with E-state index >= 15 is 0 Å². The van der Waals surface area contributed by atoms with Gasteiger partial charge in [-0.25, -0.2) is 8.78 Å². The first-order valence-electron chi connectivity index (χ1n) is 6.33. The lowest BCUT2D eigenvalue weighted by molar-refractivity contribution is -0.151. The van der Waals surface area contributed by atoms with E-state index in [2.05, 4.69) is 5.32 Å². The maximum absolute atomic E-state index is 13.4. The van der Waals surface area contributed by atoms with Gasteiger partial charge in [0, 0.05) is 6.42 Å². The first-order valence-corrected chi connectivity index (χ1v) is 6.33. The van der Waals surface area contributed by atoms with E-state index in [9.17, 15) is 23.5 Å². The van der Waals surface area contributed by atoms with Gasteiger partial charge in [-0.05, 0) is 25.0 Å². The molecule has 0 radical (unpaired) electrons. The minimum Gasteiger partial charge on any atom is -0.481 e. The standard InChI is InChI=1S/C14H17F2NO3/c1-3-14(4-2,13(19)20)8-11(18)17-12-9(15)6-5-7-10(12)16/h5-7H,3-4,8H2,1-2H3,(H,17,18)(H,19,20). The van der Waals surface area contributed by atoms with Gasteiger partial charge in [-0.15, -0.1) is 0 Å². The number of amides is 1. The number of carbonyl (C=O) groups excluding carboxylic acids is 1. The topological polar surface area (TPSA) is 66.4 Å². The maximum atomic E-state index is 13.4. The summed E-state index contributed by atoms with van der Waals surface area (Å²) in [7, 11) is 0. The van der Waals surface area contributed by atoms with Crippen molar-refractivity contribution < 1.29 is 23.5 Å². The lowest BCUT2D eigenvalue weighted by Crippen LogP contribution is -2.34. The zero-order valence-electron chi connectivity index (χ0n) is 11.4. The summed E-state index contributed by atoms with van der Waals surface area (Å²) in [5, 5.41) is 11.3. The Morgan fingerprint density at radius 1 is 1.20 bits per heavy atom. The van der Waals surface area contributed by atoms with E-state index < -0.39 is 34.6 Å². The minimum atomic E-state index is -1.22. The zero-order valence-corrected chi connectivity index (χ0v) is 11.4. The van der Waals surface area contributed by atoms with Crippen LogP contribution in [0.3, 0.4) is 0 Å². The number of halogens is 2. The van der Waals surface area contributed by atoms with E-state index in [-0.39, 0.29) is 19.3 Å². The van der Waals surface area contributed by atoms with E-state index in [1.165, 1.54) is 6.07 Å². The molecule has 110 valence electrons. The number of rotatable bonds is 6. The second-order valence-corrected chi connectivity index (χ2v) is 4.61. The molecule has 1 aromatic rings. The van der Waals surface area contributed by atoms with Crippen molar-refractivity contribution in [1.82, 2.24) is 0 Å². The summed E-state index contributed by atoms with van der Waals surface area (Å²) in [6.07, 6.45) is 0.182. The maximum Gasteiger partial charge on any atom is 0.310 e. The molecule has 1 aromatic carbocycles. The van der Waals surface area contributed by atoms with Crippen LogP contribution < -0.4 is 5.32 Å². The third-order valence-corrected chi connectivity index (χ3v) is 3.53. The van der Waals surface area contributed by atoms with Crippen molar-refractivity contribution in [2.75, 3.05) is 5.32 Å². The number of para-hydroxylation sites is 1. The van der Waals surface area contributed by atoms with E-state index in [1.807, 2.05) is 0 Å². The Balaban J connectivity index is 2.89. The monoisotopic (exact) mass is 285 g/mol. The highest BCUT2D eigenvalue weighted by atomic mass is 19.1. The molecular weight excluding hydrogens is 268 g/mol. The van der Waals surface area contributed by atoms with Gasteiger partial charge in [-0.1, -0.05) is 19.9 Å². The Kier molecular flexibility index (Phi) is 5.19. The summed E-state index contributed by atoms with van der Waals surface area (Å²) in [4.78, 5) is 23.1. The molecule has 0 fully saturated rings. The molecule has 0 bridgehead atoms. The number of benzene rings is 1. The fourth-order valence-corrected chi connectivity index (χ4v) is 1.99. The van der Waals surface area contributed by atoms with Crippen LogP contribution in [0.1, 0.15) is 33.1 Å². The van der Waals surface area contributed by atoms with Crippen LogP contribution in [0, 0.1) is 17.0 Å². The molecule has 0 aliphatic heterocycles. The molecule has 1 amide bonds. The summed E-state index contributed by atoms with van der Waals surface area (Å²) in [5.74, 6) is -3.61. The number of aliphatic carboxylic acids is 1.